The lowest BCUT2D eigenvalue weighted by molar-refractivity contribution is -0.137. The summed E-state index contributed by atoms with van der Waals surface area (Å²) >= 11 is 7.66. The molecule has 3 nitrogen and oxygen atoms in total. The van der Waals surface area contributed by atoms with Crippen LogP contribution in [0, 0.1) is 0 Å². The number of halogens is 1. The number of aromatic nitrogens is 1. The molecule has 5 heteroatoms. The molecule has 0 aliphatic heterocycles. The fourth-order valence-corrected chi connectivity index (χ4v) is 2.92. The van der Waals surface area contributed by atoms with Gasteiger partial charge in [-0.2, -0.15) is 0 Å². The van der Waals surface area contributed by atoms with E-state index in [4.69, 9.17) is 16.7 Å². The summed E-state index contributed by atoms with van der Waals surface area (Å²) < 4.78 is 1.02. The van der Waals surface area contributed by atoms with Crippen LogP contribution in [-0.4, -0.2) is 16.1 Å². The summed E-state index contributed by atoms with van der Waals surface area (Å²) in [6.45, 7) is 0. The van der Waals surface area contributed by atoms with Gasteiger partial charge in [-0.05, 0) is 31.4 Å². The quantitative estimate of drug-likeness (QED) is 0.841. The Labute approximate surface area is 108 Å². The second-order valence-electron chi connectivity index (χ2n) is 3.80. The summed E-state index contributed by atoms with van der Waals surface area (Å²) in [5.74, 6) is -0.739. The molecule has 0 saturated carbocycles. The maximum absolute atomic E-state index is 10.4. The van der Waals surface area contributed by atoms with E-state index in [2.05, 4.69) is 4.98 Å². The van der Waals surface area contributed by atoms with Crippen LogP contribution in [0.3, 0.4) is 0 Å². The smallest absolute Gasteiger partial charge is 0.303 e. The molecule has 0 saturated heterocycles. The van der Waals surface area contributed by atoms with Crippen molar-refractivity contribution in [2.45, 2.75) is 25.7 Å². The Kier molecular flexibility index (Phi) is 3.97. The van der Waals surface area contributed by atoms with Gasteiger partial charge in [0.25, 0.3) is 0 Å². The van der Waals surface area contributed by atoms with Gasteiger partial charge in [0, 0.05) is 6.42 Å². The van der Waals surface area contributed by atoms with Crippen LogP contribution in [0.15, 0.2) is 18.2 Å². The van der Waals surface area contributed by atoms with E-state index in [1.54, 1.807) is 11.3 Å². The van der Waals surface area contributed by atoms with Crippen molar-refractivity contribution in [1.82, 2.24) is 4.98 Å². The molecule has 0 radical (unpaired) electrons. The Morgan fingerprint density at radius 2 is 2.24 bits per heavy atom. The number of aryl methyl sites for hydroxylation is 1. The summed E-state index contributed by atoms with van der Waals surface area (Å²) in [6.07, 6.45) is 2.59. The van der Waals surface area contributed by atoms with Gasteiger partial charge in [0.15, 0.2) is 0 Å². The average Bonchev–Trinajstić information content (AvgIpc) is 2.69. The van der Waals surface area contributed by atoms with Crippen LogP contribution in [0.1, 0.15) is 24.3 Å². The van der Waals surface area contributed by atoms with Crippen LogP contribution in [-0.2, 0) is 11.2 Å². The third-order valence-electron chi connectivity index (χ3n) is 2.44. The average molecular weight is 270 g/mol. The van der Waals surface area contributed by atoms with E-state index in [9.17, 15) is 4.79 Å². The zero-order valence-electron chi connectivity index (χ0n) is 9.15. The number of hydrogen-bond acceptors (Lipinski definition) is 3. The van der Waals surface area contributed by atoms with Gasteiger partial charge >= 0.3 is 5.97 Å². The van der Waals surface area contributed by atoms with Crippen LogP contribution >= 0.6 is 22.9 Å². The van der Waals surface area contributed by atoms with Gasteiger partial charge in [0.2, 0.25) is 0 Å². The third kappa shape index (κ3) is 3.17. The highest BCUT2D eigenvalue weighted by molar-refractivity contribution is 7.19. The molecule has 0 bridgehead atoms. The number of fused-ring (bicyclic) bond motifs is 1. The Hall–Kier alpha value is -1.13. The molecular weight excluding hydrogens is 258 g/mol. The molecule has 1 N–H and O–H groups in total. The number of unbranched alkanes of at least 4 members (excludes halogenated alkanes) is 1. The molecule has 0 atom stereocenters. The predicted octanol–water partition coefficient (Wildman–Crippen LogP) is 3.75. The van der Waals surface area contributed by atoms with Crippen LogP contribution in [0.25, 0.3) is 10.2 Å². The molecule has 0 aliphatic carbocycles. The molecule has 17 heavy (non-hydrogen) atoms. The van der Waals surface area contributed by atoms with E-state index < -0.39 is 5.97 Å². The van der Waals surface area contributed by atoms with E-state index in [1.165, 1.54) is 0 Å². The maximum Gasteiger partial charge on any atom is 0.303 e. The first-order chi connectivity index (χ1) is 8.16. The van der Waals surface area contributed by atoms with Gasteiger partial charge in [0.05, 0.1) is 20.2 Å². The summed E-state index contributed by atoms with van der Waals surface area (Å²) in [6, 6.07) is 5.69. The molecule has 1 aromatic carbocycles. The first-order valence-electron chi connectivity index (χ1n) is 5.42. The monoisotopic (exact) mass is 269 g/mol. The van der Waals surface area contributed by atoms with Crippen molar-refractivity contribution >= 4 is 39.1 Å². The number of carboxylic acid groups (broad SMARTS) is 1. The second kappa shape index (κ2) is 5.47. The first-order valence-corrected chi connectivity index (χ1v) is 6.62. The van der Waals surface area contributed by atoms with Crippen LogP contribution in [0.4, 0.5) is 0 Å². The molecule has 0 aliphatic rings. The van der Waals surface area contributed by atoms with E-state index in [-0.39, 0.29) is 6.42 Å². The summed E-state index contributed by atoms with van der Waals surface area (Å²) in [7, 11) is 0. The SMILES string of the molecule is O=C(O)CCCCc1nc2cccc(Cl)c2s1. The van der Waals surface area contributed by atoms with Crippen molar-refractivity contribution in [2.75, 3.05) is 0 Å². The van der Waals surface area contributed by atoms with Gasteiger partial charge < -0.3 is 5.11 Å². The number of nitrogens with zero attached hydrogens (tertiary/aromatic N) is 1. The molecule has 1 heterocycles. The summed E-state index contributed by atoms with van der Waals surface area (Å²) in [5, 5.41) is 10.3. The van der Waals surface area contributed by atoms with Gasteiger partial charge in [-0.25, -0.2) is 4.98 Å². The van der Waals surface area contributed by atoms with Crippen molar-refractivity contribution in [1.29, 1.82) is 0 Å². The third-order valence-corrected chi connectivity index (χ3v) is 4.03. The number of carbonyl (C=O) groups is 1. The standard InChI is InChI=1S/C12H12ClNO2S/c13-8-4-3-5-9-12(8)17-10(14-9)6-1-2-7-11(15)16/h3-5H,1-2,6-7H2,(H,15,16). The fourth-order valence-electron chi connectivity index (χ4n) is 1.62. The normalized spacial score (nSPS) is 10.9. The molecule has 0 unspecified atom stereocenters. The number of thiazole rings is 1. The first kappa shape index (κ1) is 12.3. The van der Waals surface area contributed by atoms with Crippen molar-refractivity contribution in [2.24, 2.45) is 0 Å². The van der Waals surface area contributed by atoms with E-state index in [1.807, 2.05) is 18.2 Å². The van der Waals surface area contributed by atoms with Crippen LogP contribution < -0.4 is 0 Å². The van der Waals surface area contributed by atoms with Crippen molar-refractivity contribution in [3.63, 3.8) is 0 Å². The highest BCUT2D eigenvalue weighted by Crippen LogP contribution is 2.29. The number of rotatable bonds is 5. The molecule has 0 fully saturated rings. The molecule has 90 valence electrons. The second-order valence-corrected chi connectivity index (χ2v) is 5.29. The van der Waals surface area contributed by atoms with Gasteiger partial charge in [-0.15, -0.1) is 11.3 Å². The Bertz CT molecular complexity index is 538. The molecule has 2 aromatic rings. The maximum atomic E-state index is 10.4. The van der Waals surface area contributed by atoms with Crippen LogP contribution in [0.5, 0.6) is 0 Å². The zero-order chi connectivity index (χ0) is 12.3. The van der Waals surface area contributed by atoms with Crippen LogP contribution in [0.2, 0.25) is 5.02 Å². The Morgan fingerprint density at radius 1 is 1.41 bits per heavy atom. The minimum Gasteiger partial charge on any atom is -0.481 e. The number of carboxylic acids is 1. The lowest BCUT2D eigenvalue weighted by Gasteiger charge is -1.94. The van der Waals surface area contributed by atoms with Gasteiger partial charge in [0.1, 0.15) is 0 Å². The number of aliphatic carboxylic acids is 1. The molecule has 0 spiro atoms. The summed E-state index contributed by atoms with van der Waals surface area (Å²) in [5.41, 5.74) is 0.927. The molecule has 2 rings (SSSR count). The number of benzene rings is 1. The minimum absolute atomic E-state index is 0.228. The fraction of sp³-hybridized carbons (Fsp3) is 0.333. The molecular formula is C12H12ClNO2S. The molecule has 0 amide bonds. The lowest BCUT2D eigenvalue weighted by atomic mass is 10.2. The van der Waals surface area contributed by atoms with Gasteiger partial charge in [-0.1, -0.05) is 17.7 Å². The van der Waals surface area contributed by atoms with E-state index >= 15 is 0 Å². The number of hydrogen-bond donors (Lipinski definition) is 1. The Morgan fingerprint density at radius 3 is 2.94 bits per heavy atom. The summed E-state index contributed by atoms with van der Waals surface area (Å²) in [4.78, 5) is 14.8. The lowest BCUT2D eigenvalue weighted by Crippen LogP contribution is -1.94. The molecule has 1 aromatic heterocycles. The highest BCUT2D eigenvalue weighted by atomic mass is 35.5. The largest absolute Gasteiger partial charge is 0.481 e. The Balaban J connectivity index is 2.00. The van der Waals surface area contributed by atoms with Crippen molar-refractivity contribution in [3.05, 3.63) is 28.2 Å². The predicted molar refractivity (Wildman–Crippen MR) is 69.8 cm³/mol. The zero-order valence-corrected chi connectivity index (χ0v) is 10.7. The van der Waals surface area contributed by atoms with E-state index in [0.717, 1.165) is 33.1 Å². The van der Waals surface area contributed by atoms with Crippen molar-refractivity contribution in [3.8, 4) is 0 Å². The topological polar surface area (TPSA) is 50.2 Å². The van der Waals surface area contributed by atoms with Gasteiger partial charge in [-0.3, -0.25) is 4.79 Å². The highest BCUT2D eigenvalue weighted by Gasteiger charge is 2.06. The van der Waals surface area contributed by atoms with E-state index in [0.29, 0.717) is 6.42 Å². The minimum atomic E-state index is -0.739. The van der Waals surface area contributed by atoms with Crippen molar-refractivity contribution < 1.29 is 9.90 Å².